The standard InChI is InChI=1S/C23H25N5O3/c1-14-8-9-16(20-21(29)23(3,4)31-28-20)11-17(14)12-25-13-19(24-5)27-22(30)18-7-6-10-26-15(18)2/h6-11,13H,12H2,1-5H3,(H,24,27,30). The van der Waals surface area contributed by atoms with E-state index >= 15 is 0 Å². The third-order valence-electron chi connectivity index (χ3n) is 4.96. The molecular formula is C23H25N5O3. The maximum atomic E-state index is 12.5. The number of aromatic nitrogens is 1. The smallest absolute Gasteiger partial charge is 0.258 e. The van der Waals surface area contributed by atoms with Crippen LogP contribution in [0.1, 0.15) is 46.6 Å². The molecule has 31 heavy (non-hydrogen) atoms. The fourth-order valence-corrected chi connectivity index (χ4v) is 2.98. The van der Waals surface area contributed by atoms with Crippen LogP contribution in [-0.4, -0.2) is 47.1 Å². The Morgan fingerprint density at radius 3 is 2.68 bits per heavy atom. The molecule has 2 heterocycles. The van der Waals surface area contributed by atoms with Crippen molar-refractivity contribution in [1.82, 2.24) is 10.3 Å². The second-order valence-electron chi connectivity index (χ2n) is 7.68. The molecule has 1 aliphatic heterocycles. The minimum Gasteiger partial charge on any atom is -0.381 e. The van der Waals surface area contributed by atoms with E-state index in [0.717, 1.165) is 11.1 Å². The van der Waals surface area contributed by atoms with Crippen molar-refractivity contribution in [2.24, 2.45) is 15.1 Å². The summed E-state index contributed by atoms with van der Waals surface area (Å²) in [4.78, 5) is 42.8. The Kier molecular flexibility index (Phi) is 6.39. The molecule has 0 unspecified atom stereocenters. The number of carbonyl (C=O) groups excluding carboxylic acids is 2. The molecule has 0 bridgehead atoms. The maximum Gasteiger partial charge on any atom is 0.258 e. The summed E-state index contributed by atoms with van der Waals surface area (Å²) in [6.45, 7) is 7.48. The van der Waals surface area contributed by atoms with Gasteiger partial charge >= 0.3 is 0 Å². The van der Waals surface area contributed by atoms with Gasteiger partial charge in [-0.15, -0.1) is 0 Å². The average molecular weight is 419 g/mol. The van der Waals surface area contributed by atoms with Crippen molar-refractivity contribution < 1.29 is 14.4 Å². The summed E-state index contributed by atoms with van der Waals surface area (Å²) in [5.74, 6) is -0.108. The number of amides is 1. The van der Waals surface area contributed by atoms with Crippen molar-refractivity contribution in [1.29, 1.82) is 0 Å². The van der Waals surface area contributed by atoms with E-state index in [-0.39, 0.29) is 11.7 Å². The minimum absolute atomic E-state index is 0.153. The Labute approximate surface area is 181 Å². The Hall–Kier alpha value is -3.68. The number of pyridine rings is 1. The normalized spacial score (nSPS) is 15.7. The summed E-state index contributed by atoms with van der Waals surface area (Å²) in [6, 6.07) is 9.06. The molecule has 3 rings (SSSR count). The van der Waals surface area contributed by atoms with Gasteiger partial charge in [0.1, 0.15) is 5.84 Å². The Bertz CT molecular complexity index is 1120. The lowest BCUT2D eigenvalue weighted by Crippen LogP contribution is -2.33. The first-order valence-corrected chi connectivity index (χ1v) is 9.83. The number of aryl methyl sites for hydroxylation is 2. The van der Waals surface area contributed by atoms with Gasteiger partial charge in [0.2, 0.25) is 5.78 Å². The summed E-state index contributed by atoms with van der Waals surface area (Å²) in [7, 11) is 1.58. The molecule has 8 heteroatoms. The zero-order chi connectivity index (χ0) is 22.6. The van der Waals surface area contributed by atoms with Crippen LogP contribution < -0.4 is 5.32 Å². The zero-order valence-electron chi connectivity index (χ0n) is 18.3. The van der Waals surface area contributed by atoms with Gasteiger partial charge in [-0.05, 0) is 57.0 Å². The molecule has 0 atom stereocenters. The highest BCUT2D eigenvalue weighted by Gasteiger charge is 2.40. The molecule has 0 fully saturated rings. The number of ketones is 1. The van der Waals surface area contributed by atoms with E-state index in [9.17, 15) is 9.59 Å². The Morgan fingerprint density at radius 2 is 2.03 bits per heavy atom. The lowest BCUT2D eigenvalue weighted by atomic mass is 9.94. The Balaban J connectivity index is 1.71. The van der Waals surface area contributed by atoms with Gasteiger partial charge in [-0.3, -0.25) is 24.6 Å². The van der Waals surface area contributed by atoms with Crippen LogP contribution in [0.5, 0.6) is 0 Å². The number of oxime groups is 1. The molecule has 1 aromatic heterocycles. The van der Waals surface area contributed by atoms with Crippen molar-refractivity contribution in [2.75, 3.05) is 7.05 Å². The quantitative estimate of drug-likeness (QED) is 0.594. The molecule has 1 aliphatic rings. The summed E-state index contributed by atoms with van der Waals surface area (Å²) < 4.78 is 0. The van der Waals surface area contributed by atoms with Crippen LogP contribution in [0.15, 0.2) is 51.7 Å². The largest absolute Gasteiger partial charge is 0.381 e. The minimum atomic E-state index is -0.949. The number of hydrogen-bond donors (Lipinski definition) is 1. The summed E-state index contributed by atoms with van der Waals surface area (Å²) in [5, 5.41) is 6.69. The number of nitrogens with zero attached hydrogens (tertiary/aromatic N) is 4. The van der Waals surface area contributed by atoms with Crippen molar-refractivity contribution in [3.8, 4) is 0 Å². The van der Waals surface area contributed by atoms with Gasteiger partial charge in [-0.2, -0.15) is 0 Å². The molecule has 1 amide bonds. The topological polar surface area (TPSA) is 105 Å². The van der Waals surface area contributed by atoms with Crippen molar-refractivity contribution in [2.45, 2.75) is 39.8 Å². The zero-order valence-corrected chi connectivity index (χ0v) is 18.3. The van der Waals surface area contributed by atoms with Gasteiger partial charge < -0.3 is 10.2 Å². The highest BCUT2D eigenvalue weighted by molar-refractivity contribution is 6.49. The van der Waals surface area contributed by atoms with Crippen LogP contribution in [-0.2, 0) is 16.2 Å². The van der Waals surface area contributed by atoms with E-state index < -0.39 is 5.60 Å². The van der Waals surface area contributed by atoms with E-state index in [0.29, 0.717) is 34.9 Å². The van der Waals surface area contributed by atoms with E-state index in [1.807, 2.05) is 25.1 Å². The summed E-state index contributed by atoms with van der Waals surface area (Å²) >= 11 is 0. The van der Waals surface area contributed by atoms with Gasteiger partial charge in [0.05, 0.1) is 18.3 Å². The predicted molar refractivity (Wildman–Crippen MR) is 120 cm³/mol. The van der Waals surface area contributed by atoms with Crippen LogP contribution in [0.4, 0.5) is 0 Å². The highest BCUT2D eigenvalue weighted by Crippen LogP contribution is 2.24. The van der Waals surface area contributed by atoms with Crippen molar-refractivity contribution >= 4 is 29.5 Å². The molecule has 160 valence electrons. The molecule has 0 radical (unpaired) electrons. The lowest BCUT2D eigenvalue weighted by molar-refractivity contribution is -0.128. The number of aliphatic imine (C=N–C) groups is 2. The molecule has 8 nitrogen and oxygen atoms in total. The molecule has 0 spiro atoms. The second-order valence-corrected chi connectivity index (χ2v) is 7.68. The van der Waals surface area contributed by atoms with Gasteiger partial charge in [0, 0.05) is 24.5 Å². The average Bonchev–Trinajstić information content (AvgIpc) is 3.01. The number of hydrogen-bond acceptors (Lipinski definition) is 7. The molecule has 1 N–H and O–H groups in total. The number of benzene rings is 1. The van der Waals surface area contributed by atoms with E-state index in [2.05, 4.69) is 25.4 Å². The fourth-order valence-electron chi connectivity index (χ4n) is 2.98. The molecule has 0 saturated heterocycles. The van der Waals surface area contributed by atoms with Crippen LogP contribution in [0.2, 0.25) is 0 Å². The first-order chi connectivity index (χ1) is 14.7. The van der Waals surface area contributed by atoms with Crippen molar-refractivity contribution in [3.05, 3.63) is 64.5 Å². The number of rotatable bonds is 5. The van der Waals surface area contributed by atoms with Gasteiger partial charge in [-0.25, -0.2) is 0 Å². The van der Waals surface area contributed by atoms with Crippen LogP contribution in [0, 0.1) is 13.8 Å². The van der Waals surface area contributed by atoms with Crippen LogP contribution in [0.3, 0.4) is 0 Å². The third-order valence-corrected chi connectivity index (χ3v) is 4.96. The number of carbonyl (C=O) groups is 2. The monoisotopic (exact) mass is 419 g/mol. The van der Waals surface area contributed by atoms with E-state index in [4.69, 9.17) is 4.84 Å². The number of Topliss-reactive ketones (excluding diaryl/α,β-unsaturated/α-hetero) is 1. The third kappa shape index (κ3) is 4.91. The van der Waals surface area contributed by atoms with Gasteiger partial charge in [0.15, 0.2) is 11.3 Å². The predicted octanol–water partition coefficient (Wildman–Crippen LogP) is 2.81. The second kappa shape index (κ2) is 8.99. The van der Waals surface area contributed by atoms with Gasteiger partial charge in [0.25, 0.3) is 5.91 Å². The summed E-state index contributed by atoms with van der Waals surface area (Å²) in [5.41, 5.74) is 3.12. The van der Waals surface area contributed by atoms with Crippen LogP contribution >= 0.6 is 0 Å². The SMILES string of the molecule is CN=C(C=NCc1cc(C2=NOC(C)(C)C2=O)ccc1C)NC(=O)c1cccnc1C. The lowest BCUT2D eigenvalue weighted by Gasteiger charge is -2.12. The summed E-state index contributed by atoms with van der Waals surface area (Å²) in [6.07, 6.45) is 3.15. The van der Waals surface area contributed by atoms with Crippen molar-refractivity contribution in [3.63, 3.8) is 0 Å². The molecule has 0 saturated carbocycles. The van der Waals surface area contributed by atoms with E-state index in [1.54, 1.807) is 46.1 Å². The van der Waals surface area contributed by atoms with Crippen LogP contribution in [0.25, 0.3) is 0 Å². The molecular weight excluding hydrogens is 394 g/mol. The van der Waals surface area contributed by atoms with Gasteiger partial charge in [-0.1, -0.05) is 17.3 Å². The molecule has 0 aliphatic carbocycles. The first kappa shape index (κ1) is 22.0. The maximum absolute atomic E-state index is 12.5. The fraction of sp³-hybridized carbons (Fsp3) is 0.304. The number of nitrogens with one attached hydrogen (secondary N) is 1. The van der Waals surface area contributed by atoms with E-state index in [1.165, 1.54) is 6.21 Å². The Morgan fingerprint density at radius 1 is 1.26 bits per heavy atom. The first-order valence-electron chi connectivity index (χ1n) is 9.83. The highest BCUT2D eigenvalue weighted by atomic mass is 16.7. The molecule has 2 aromatic rings. The number of amidine groups is 1. The molecule has 1 aromatic carbocycles.